The number of amides is 1. The molecule has 0 bridgehead atoms. The van der Waals surface area contributed by atoms with E-state index in [9.17, 15) is 4.79 Å². The molecule has 1 aromatic rings. The molecular formula is C22H37IN4O3S. The number of carbonyl (C=O) groups is 1. The molecule has 0 spiro atoms. The molecule has 7 nitrogen and oxygen atoms in total. The number of rotatable bonds is 7. The third-order valence-electron chi connectivity index (χ3n) is 4.94. The monoisotopic (exact) mass is 564 g/mol. The van der Waals surface area contributed by atoms with Gasteiger partial charge in [-0.05, 0) is 64.0 Å². The van der Waals surface area contributed by atoms with Crippen LogP contribution < -0.4 is 16.0 Å². The summed E-state index contributed by atoms with van der Waals surface area (Å²) in [6.07, 6.45) is 4.70. The van der Waals surface area contributed by atoms with Gasteiger partial charge >= 0.3 is 6.09 Å². The molecular weight excluding hydrogens is 527 g/mol. The Morgan fingerprint density at radius 2 is 1.84 bits per heavy atom. The topological polar surface area (TPSA) is 84.0 Å². The molecule has 176 valence electrons. The molecule has 0 aliphatic carbocycles. The lowest BCUT2D eigenvalue weighted by atomic mass is 9.99. The molecule has 9 heteroatoms. The maximum atomic E-state index is 11.8. The number of hydrogen-bond acceptors (Lipinski definition) is 5. The Hall–Kier alpha value is -1.20. The van der Waals surface area contributed by atoms with Crippen LogP contribution in [0.5, 0.6) is 0 Å². The molecule has 0 atom stereocenters. The molecule has 1 aliphatic rings. The number of guanidine groups is 1. The first kappa shape index (κ1) is 27.8. The van der Waals surface area contributed by atoms with Gasteiger partial charge in [0.2, 0.25) is 0 Å². The summed E-state index contributed by atoms with van der Waals surface area (Å²) in [5, 5.41) is 9.60. The van der Waals surface area contributed by atoms with Crippen LogP contribution in [-0.2, 0) is 15.9 Å². The van der Waals surface area contributed by atoms with Crippen LogP contribution in [-0.4, -0.2) is 62.0 Å². The first-order valence-electron chi connectivity index (χ1n) is 10.4. The smallest absolute Gasteiger partial charge is 0.412 e. The normalized spacial score (nSPS) is 16.1. The van der Waals surface area contributed by atoms with Crippen molar-refractivity contribution >= 4 is 53.5 Å². The lowest BCUT2D eigenvalue weighted by Crippen LogP contribution is -2.48. The Labute approximate surface area is 207 Å². The number of halogens is 1. The standard InChI is InChI=1S/C22H36N4O3S.HI/c1-21(2,3)29-20(27)26-18-8-6-17(7-9-18)10-13-24-19(23-4)25-16-22(30-5)11-14-28-15-12-22;/h6-9H,10-16H2,1-5H3,(H,26,27)(H2,23,24,25);1H. The van der Waals surface area contributed by atoms with Crippen molar-refractivity contribution in [2.24, 2.45) is 4.99 Å². The van der Waals surface area contributed by atoms with Crippen molar-refractivity contribution in [2.75, 3.05) is 44.9 Å². The Morgan fingerprint density at radius 1 is 1.19 bits per heavy atom. The third-order valence-corrected chi connectivity index (χ3v) is 6.36. The van der Waals surface area contributed by atoms with E-state index in [4.69, 9.17) is 9.47 Å². The minimum absolute atomic E-state index is 0. The molecule has 1 amide bonds. The van der Waals surface area contributed by atoms with Crippen LogP contribution in [0.4, 0.5) is 10.5 Å². The van der Waals surface area contributed by atoms with Crippen LogP contribution in [0.15, 0.2) is 29.3 Å². The number of thioether (sulfide) groups is 1. The van der Waals surface area contributed by atoms with E-state index in [0.717, 1.165) is 57.2 Å². The van der Waals surface area contributed by atoms with Crippen LogP contribution in [0.3, 0.4) is 0 Å². The second-order valence-corrected chi connectivity index (χ2v) is 9.70. The van der Waals surface area contributed by atoms with Gasteiger partial charge in [0.25, 0.3) is 0 Å². The van der Waals surface area contributed by atoms with E-state index >= 15 is 0 Å². The first-order chi connectivity index (χ1) is 14.3. The largest absolute Gasteiger partial charge is 0.444 e. The fraction of sp³-hybridized carbons (Fsp3) is 0.636. The molecule has 1 saturated heterocycles. The minimum atomic E-state index is -0.511. The van der Waals surface area contributed by atoms with Gasteiger partial charge in [0.15, 0.2) is 5.96 Å². The average molecular weight is 565 g/mol. The summed E-state index contributed by atoms with van der Waals surface area (Å²) in [5.74, 6) is 0.818. The van der Waals surface area contributed by atoms with Gasteiger partial charge in [-0.2, -0.15) is 11.8 Å². The van der Waals surface area contributed by atoms with Crippen LogP contribution in [0.25, 0.3) is 0 Å². The van der Waals surface area contributed by atoms with Crippen molar-refractivity contribution < 1.29 is 14.3 Å². The van der Waals surface area contributed by atoms with Crippen molar-refractivity contribution in [3.63, 3.8) is 0 Å². The molecule has 1 fully saturated rings. The number of ether oxygens (including phenoxy) is 2. The van der Waals surface area contributed by atoms with Crippen LogP contribution in [0.2, 0.25) is 0 Å². The summed E-state index contributed by atoms with van der Waals surface area (Å²) in [4.78, 5) is 16.2. The van der Waals surface area contributed by atoms with E-state index in [1.54, 1.807) is 7.05 Å². The Bertz CT molecular complexity index is 702. The van der Waals surface area contributed by atoms with Gasteiger partial charge in [0.1, 0.15) is 5.60 Å². The highest BCUT2D eigenvalue weighted by atomic mass is 127. The average Bonchev–Trinajstić information content (AvgIpc) is 2.71. The summed E-state index contributed by atoms with van der Waals surface area (Å²) in [6, 6.07) is 7.80. The SMILES string of the molecule is CN=C(NCCc1ccc(NC(=O)OC(C)(C)C)cc1)NCC1(SC)CCOCC1.I. The Morgan fingerprint density at radius 3 is 2.39 bits per heavy atom. The molecule has 0 saturated carbocycles. The van der Waals surface area contributed by atoms with Gasteiger partial charge in [-0.15, -0.1) is 24.0 Å². The van der Waals surface area contributed by atoms with Crippen molar-refractivity contribution in [2.45, 2.75) is 50.4 Å². The van der Waals surface area contributed by atoms with Gasteiger partial charge < -0.3 is 20.1 Å². The highest BCUT2D eigenvalue weighted by Gasteiger charge is 2.31. The zero-order chi connectivity index (χ0) is 22.0. The van der Waals surface area contributed by atoms with Crippen LogP contribution in [0, 0.1) is 0 Å². The van der Waals surface area contributed by atoms with Crippen molar-refractivity contribution in [3.8, 4) is 0 Å². The van der Waals surface area contributed by atoms with Crippen LogP contribution >= 0.6 is 35.7 Å². The molecule has 0 radical (unpaired) electrons. The van der Waals surface area contributed by atoms with Gasteiger partial charge in [-0.25, -0.2) is 4.79 Å². The van der Waals surface area contributed by atoms with Crippen molar-refractivity contribution in [1.29, 1.82) is 0 Å². The van der Waals surface area contributed by atoms with E-state index in [2.05, 4.69) is 27.2 Å². The Balaban J connectivity index is 0.00000480. The second-order valence-electron chi connectivity index (χ2n) is 8.43. The summed E-state index contributed by atoms with van der Waals surface area (Å²) in [7, 11) is 1.79. The molecule has 0 aromatic heterocycles. The van der Waals surface area contributed by atoms with E-state index in [0.29, 0.717) is 0 Å². The summed E-state index contributed by atoms with van der Waals surface area (Å²) >= 11 is 1.91. The molecule has 1 heterocycles. The number of aliphatic imine (C=N–C) groups is 1. The van der Waals surface area contributed by atoms with Gasteiger partial charge in [-0.3, -0.25) is 10.3 Å². The lowest BCUT2D eigenvalue weighted by Gasteiger charge is -2.36. The zero-order valence-corrected chi connectivity index (χ0v) is 22.4. The number of hydrogen-bond donors (Lipinski definition) is 3. The highest BCUT2D eigenvalue weighted by molar-refractivity contribution is 14.0. The number of anilines is 1. The number of nitrogens with zero attached hydrogens (tertiary/aromatic N) is 1. The van der Waals surface area contributed by atoms with E-state index in [1.807, 2.05) is 56.8 Å². The lowest BCUT2D eigenvalue weighted by molar-refractivity contribution is 0.0636. The zero-order valence-electron chi connectivity index (χ0n) is 19.2. The maximum absolute atomic E-state index is 11.8. The van der Waals surface area contributed by atoms with E-state index in [-0.39, 0.29) is 28.7 Å². The molecule has 2 rings (SSSR count). The third kappa shape index (κ3) is 10.3. The minimum Gasteiger partial charge on any atom is -0.444 e. The number of carbonyl (C=O) groups excluding carboxylic acids is 1. The van der Waals surface area contributed by atoms with Crippen LogP contribution in [0.1, 0.15) is 39.2 Å². The van der Waals surface area contributed by atoms with E-state index in [1.165, 1.54) is 5.56 Å². The van der Waals surface area contributed by atoms with Gasteiger partial charge in [0, 0.05) is 43.8 Å². The Kier molecular flexibility index (Phi) is 12.0. The molecule has 3 N–H and O–H groups in total. The summed E-state index contributed by atoms with van der Waals surface area (Å²) in [5.41, 5.74) is 1.39. The highest BCUT2D eigenvalue weighted by Crippen LogP contribution is 2.32. The quantitative estimate of drug-likeness (QED) is 0.261. The molecule has 1 aromatic carbocycles. The molecule has 1 aliphatic heterocycles. The maximum Gasteiger partial charge on any atom is 0.412 e. The van der Waals surface area contributed by atoms with Gasteiger partial charge in [-0.1, -0.05) is 12.1 Å². The van der Waals surface area contributed by atoms with Crippen molar-refractivity contribution in [3.05, 3.63) is 29.8 Å². The predicted octanol–water partition coefficient (Wildman–Crippen LogP) is 4.27. The summed E-state index contributed by atoms with van der Waals surface area (Å²) < 4.78 is 11.0. The predicted molar refractivity (Wildman–Crippen MR) is 141 cm³/mol. The van der Waals surface area contributed by atoms with E-state index < -0.39 is 11.7 Å². The number of nitrogens with one attached hydrogen (secondary N) is 3. The first-order valence-corrected chi connectivity index (χ1v) is 11.6. The molecule has 0 unspecified atom stereocenters. The fourth-order valence-corrected chi connectivity index (χ4v) is 3.95. The fourth-order valence-electron chi connectivity index (χ4n) is 3.16. The second kappa shape index (κ2) is 13.4. The molecule has 31 heavy (non-hydrogen) atoms. The van der Waals surface area contributed by atoms with Gasteiger partial charge in [0.05, 0.1) is 0 Å². The number of benzene rings is 1. The van der Waals surface area contributed by atoms with Crippen molar-refractivity contribution in [1.82, 2.24) is 10.6 Å². The summed E-state index contributed by atoms with van der Waals surface area (Å²) in [6.45, 7) is 8.83.